The van der Waals surface area contributed by atoms with Gasteiger partial charge in [0.1, 0.15) is 0 Å². The summed E-state index contributed by atoms with van der Waals surface area (Å²) in [6, 6.07) is 13.6. The molecule has 2 aromatic carbocycles. The van der Waals surface area contributed by atoms with E-state index < -0.39 is 10.0 Å². The predicted octanol–water partition coefficient (Wildman–Crippen LogP) is 1.93. The number of nitrogens with zero attached hydrogens (tertiary/aromatic N) is 1. The molecule has 0 saturated carbocycles. The second kappa shape index (κ2) is 9.76. The second-order valence-electron chi connectivity index (χ2n) is 6.94. The summed E-state index contributed by atoms with van der Waals surface area (Å²) >= 11 is 0. The van der Waals surface area contributed by atoms with Crippen LogP contribution in [0.4, 0.5) is 5.69 Å². The third kappa shape index (κ3) is 5.39. The monoisotopic (exact) mass is 427 g/mol. The number of hydrogen-bond donors (Lipinski definition) is 2. The van der Waals surface area contributed by atoms with Gasteiger partial charge in [0.05, 0.1) is 30.7 Å². The van der Waals surface area contributed by atoms with Gasteiger partial charge in [-0.2, -0.15) is 4.72 Å². The van der Waals surface area contributed by atoms with Crippen molar-refractivity contribution in [1.82, 2.24) is 10.0 Å². The van der Waals surface area contributed by atoms with E-state index in [0.717, 1.165) is 37.6 Å². The Bertz CT molecular complexity index is 1010. The predicted molar refractivity (Wildman–Crippen MR) is 116 cm³/mol. The number of benzene rings is 2. The average Bonchev–Trinajstić information content (AvgIpc) is 2.78. The van der Waals surface area contributed by atoms with Crippen molar-refractivity contribution < 1.29 is 17.9 Å². The molecule has 8 heteroatoms. The summed E-state index contributed by atoms with van der Waals surface area (Å²) in [6.07, 6.45) is 5.08. The van der Waals surface area contributed by atoms with E-state index in [-0.39, 0.29) is 23.4 Å². The van der Waals surface area contributed by atoms with Crippen LogP contribution in [0, 0.1) is 12.3 Å². The Labute approximate surface area is 177 Å². The molecule has 0 spiro atoms. The molecule has 1 unspecified atom stereocenters. The van der Waals surface area contributed by atoms with Gasteiger partial charge in [-0.15, -0.1) is 6.42 Å². The molecular formula is C22H25N3O4S. The molecule has 158 valence electrons. The average molecular weight is 428 g/mol. The number of sulfonamides is 1. The largest absolute Gasteiger partial charge is 0.378 e. The van der Waals surface area contributed by atoms with Crippen molar-refractivity contribution in [3.63, 3.8) is 0 Å². The third-order valence-electron chi connectivity index (χ3n) is 4.91. The van der Waals surface area contributed by atoms with E-state index in [1.807, 2.05) is 31.2 Å². The van der Waals surface area contributed by atoms with E-state index in [0.29, 0.717) is 5.56 Å². The molecule has 0 radical (unpaired) electrons. The van der Waals surface area contributed by atoms with Crippen LogP contribution in [0.1, 0.15) is 28.9 Å². The van der Waals surface area contributed by atoms with Crippen molar-refractivity contribution >= 4 is 21.6 Å². The molecule has 1 atom stereocenters. The fraction of sp³-hybridized carbons (Fsp3) is 0.318. The number of anilines is 1. The number of carbonyl (C=O) groups is 1. The first kappa shape index (κ1) is 21.8. The molecule has 1 fully saturated rings. The summed E-state index contributed by atoms with van der Waals surface area (Å²) in [5, 5.41) is 2.94. The Morgan fingerprint density at radius 1 is 1.13 bits per heavy atom. The van der Waals surface area contributed by atoms with E-state index in [4.69, 9.17) is 11.2 Å². The Kier molecular flexibility index (Phi) is 7.11. The van der Waals surface area contributed by atoms with Crippen LogP contribution in [-0.2, 0) is 14.8 Å². The molecule has 1 aliphatic rings. The molecule has 1 amide bonds. The van der Waals surface area contributed by atoms with Crippen LogP contribution in [0.25, 0.3) is 0 Å². The summed E-state index contributed by atoms with van der Waals surface area (Å²) in [5.41, 5.74) is 2.50. The zero-order valence-electron chi connectivity index (χ0n) is 16.8. The Balaban J connectivity index is 1.62. The summed E-state index contributed by atoms with van der Waals surface area (Å²) in [7, 11) is -3.68. The maximum absolute atomic E-state index is 12.6. The van der Waals surface area contributed by atoms with Gasteiger partial charge >= 0.3 is 0 Å². The van der Waals surface area contributed by atoms with Crippen LogP contribution in [0.3, 0.4) is 0 Å². The fourth-order valence-electron chi connectivity index (χ4n) is 3.16. The lowest BCUT2D eigenvalue weighted by Crippen LogP contribution is -2.36. The molecule has 1 heterocycles. The SMILES string of the molecule is C#CCNS(=O)(=O)c1ccc(C(=O)NC(C)c2ccc(N3CCOCC3)cc2)cc1. The summed E-state index contributed by atoms with van der Waals surface area (Å²) < 4.78 is 31.8. The number of rotatable bonds is 7. The van der Waals surface area contributed by atoms with Gasteiger partial charge in [-0.3, -0.25) is 4.79 Å². The van der Waals surface area contributed by atoms with Crippen LogP contribution in [0.2, 0.25) is 0 Å². The first-order valence-electron chi connectivity index (χ1n) is 9.67. The Morgan fingerprint density at radius 3 is 2.37 bits per heavy atom. The number of morpholine rings is 1. The molecule has 0 bridgehead atoms. The van der Waals surface area contributed by atoms with Gasteiger partial charge in [-0.1, -0.05) is 18.1 Å². The number of carbonyl (C=O) groups excluding carboxylic acids is 1. The minimum absolute atomic E-state index is 0.0565. The second-order valence-corrected chi connectivity index (χ2v) is 8.71. The topological polar surface area (TPSA) is 87.7 Å². The van der Waals surface area contributed by atoms with E-state index in [2.05, 4.69) is 20.9 Å². The maximum atomic E-state index is 12.6. The summed E-state index contributed by atoms with van der Waals surface area (Å²) in [6.45, 7) is 5.02. The minimum atomic E-state index is -3.68. The quantitative estimate of drug-likeness (QED) is 0.660. The maximum Gasteiger partial charge on any atom is 0.251 e. The van der Waals surface area contributed by atoms with Crippen molar-refractivity contribution in [1.29, 1.82) is 0 Å². The highest BCUT2D eigenvalue weighted by molar-refractivity contribution is 7.89. The number of hydrogen-bond acceptors (Lipinski definition) is 5. The van der Waals surface area contributed by atoms with Crippen molar-refractivity contribution in [2.75, 3.05) is 37.7 Å². The van der Waals surface area contributed by atoms with Crippen molar-refractivity contribution in [2.45, 2.75) is 17.9 Å². The van der Waals surface area contributed by atoms with Gasteiger partial charge in [0.2, 0.25) is 10.0 Å². The number of amides is 1. The molecule has 0 aromatic heterocycles. The van der Waals surface area contributed by atoms with Gasteiger partial charge in [0.15, 0.2) is 0 Å². The van der Waals surface area contributed by atoms with Gasteiger partial charge < -0.3 is 15.0 Å². The lowest BCUT2D eigenvalue weighted by atomic mass is 10.1. The van der Waals surface area contributed by atoms with Crippen molar-refractivity contribution in [3.05, 3.63) is 59.7 Å². The number of terminal acetylenes is 1. The van der Waals surface area contributed by atoms with Crippen LogP contribution in [0.5, 0.6) is 0 Å². The highest BCUT2D eigenvalue weighted by Crippen LogP contribution is 2.20. The van der Waals surface area contributed by atoms with E-state index in [1.165, 1.54) is 24.3 Å². The minimum Gasteiger partial charge on any atom is -0.378 e. The fourth-order valence-corrected chi connectivity index (χ4v) is 4.10. The molecular weight excluding hydrogens is 402 g/mol. The van der Waals surface area contributed by atoms with E-state index in [9.17, 15) is 13.2 Å². The molecule has 2 N–H and O–H groups in total. The van der Waals surface area contributed by atoms with Crippen molar-refractivity contribution in [3.8, 4) is 12.3 Å². The molecule has 30 heavy (non-hydrogen) atoms. The van der Waals surface area contributed by atoms with Crippen LogP contribution in [0.15, 0.2) is 53.4 Å². The van der Waals surface area contributed by atoms with Gasteiger partial charge in [0.25, 0.3) is 5.91 Å². The van der Waals surface area contributed by atoms with Gasteiger partial charge in [0, 0.05) is 24.3 Å². The van der Waals surface area contributed by atoms with Crippen LogP contribution < -0.4 is 14.9 Å². The van der Waals surface area contributed by atoms with Gasteiger partial charge in [-0.05, 0) is 48.9 Å². The molecule has 1 aliphatic heterocycles. The lowest BCUT2D eigenvalue weighted by molar-refractivity contribution is 0.0939. The highest BCUT2D eigenvalue weighted by Gasteiger charge is 2.16. The van der Waals surface area contributed by atoms with Crippen molar-refractivity contribution in [2.24, 2.45) is 0 Å². The van der Waals surface area contributed by atoms with Gasteiger partial charge in [-0.25, -0.2) is 8.42 Å². The first-order valence-corrected chi connectivity index (χ1v) is 11.2. The standard InChI is InChI=1S/C22H25N3O4S/c1-3-12-23-30(27,28)21-10-6-19(7-11-21)22(26)24-17(2)18-4-8-20(9-5-18)25-13-15-29-16-14-25/h1,4-11,17,23H,12-16H2,2H3,(H,24,26). The summed E-state index contributed by atoms with van der Waals surface area (Å²) in [4.78, 5) is 14.9. The highest BCUT2D eigenvalue weighted by atomic mass is 32.2. The molecule has 7 nitrogen and oxygen atoms in total. The molecule has 2 aromatic rings. The Hall–Kier alpha value is -2.86. The third-order valence-corrected chi connectivity index (χ3v) is 6.33. The zero-order valence-corrected chi connectivity index (χ0v) is 17.6. The van der Waals surface area contributed by atoms with Crippen LogP contribution >= 0.6 is 0 Å². The molecule has 1 saturated heterocycles. The lowest BCUT2D eigenvalue weighted by Gasteiger charge is -2.29. The summed E-state index contributed by atoms with van der Waals surface area (Å²) in [5.74, 6) is 1.94. The van der Waals surface area contributed by atoms with E-state index in [1.54, 1.807) is 0 Å². The smallest absolute Gasteiger partial charge is 0.251 e. The van der Waals surface area contributed by atoms with Crippen LogP contribution in [-0.4, -0.2) is 47.2 Å². The molecule has 3 rings (SSSR count). The normalized spacial score (nSPS) is 15.3. The zero-order chi connectivity index (χ0) is 21.6. The van der Waals surface area contributed by atoms with E-state index >= 15 is 0 Å². The Morgan fingerprint density at radius 2 is 1.77 bits per heavy atom. The molecule has 0 aliphatic carbocycles. The first-order chi connectivity index (χ1) is 14.4. The number of ether oxygens (including phenoxy) is 1. The number of nitrogens with one attached hydrogen (secondary N) is 2.